The van der Waals surface area contributed by atoms with E-state index in [1.54, 1.807) is 0 Å². The molecule has 0 aliphatic heterocycles. The second-order valence-corrected chi connectivity index (χ2v) is 3.31. The van der Waals surface area contributed by atoms with Crippen LogP contribution >= 0.6 is 11.6 Å². The predicted octanol–water partition coefficient (Wildman–Crippen LogP) is 2.95. The number of hydrogen-bond donors (Lipinski definition) is 1. The summed E-state index contributed by atoms with van der Waals surface area (Å²) >= 11 is 5.58. The minimum atomic E-state index is -4.69. The molecule has 0 saturated heterocycles. The molecule has 0 atom stereocenters. The summed E-state index contributed by atoms with van der Waals surface area (Å²) in [5.41, 5.74) is -0.0379. The number of aromatic nitrogens is 2. The van der Waals surface area contributed by atoms with Crippen molar-refractivity contribution < 1.29 is 18.4 Å². The van der Waals surface area contributed by atoms with Crippen LogP contribution in [0.2, 0.25) is 5.02 Å². The molecule has 0 amide bonds. The zero-order valence-electron chi connectivity index (χ0n) is 7.09. The number of benzene rings is 1. The summed E-state index contributed by atoms with van der Waals surface area (Å²) in [4.78, 5) is 3.25. The lowest BCUT2D eigenvalue weighted by Crippen LogP contribution is -2.12. The first-order chi connectivity index (χ1) is 6.89. The average Bonchev–Trinajstić information content (AvgIpc) is 2.42. The minimum absolute atomic E-state index is 0.00248. The maximum absolute atomic E-state index is 12.3. The lowest BCUT2D eigenvalue weighted by Gasteiger charge is -2.03. The van der Waals surface area contributed by atoms with Gasteiger partial charge < -0.3 is 5.21 Å². The molecule has 0 bridgehead atoms. The maximum Gasteiger partial charge on any atom is 0.453 e. The normalized spacial score (nSPS) is 12.3. The van der Waals surface area contributed by atoms with E-state index in [2.05, 4.69) is 4.98 Å². The van der Waals surface area contributed by atoms with Gasteiger partial charge in [0, 0.05) is 5.02 Å². The van der Waals surface area contributed by atoms with Crippen molar-refractivity contribution in [3.63, 3.8) is 0 Å². The molecule has 0 radical (unpaired) electrons. The molecule has 1 N–H and O–H groups in total. The van der Waals surface area contributed by atoms with Gasteiger partial charge in [0.2, 0.25) is 0 Å². The van der Waals surface area contributed by atoms with E-state index in [4.69, 9.17) is 11.6 Å². The van der Waals surface area contributed by atoms with Crippen LogP contribution in [0.4, 0.5) is 13.2 Å². The van der Waals surface area contributed by atoms with E-state index >= 15 is 0 Å². The van der Waals surface area contributed by atoms with E-state index in [-0.39, 0.29) is 20.8 Å². The first-order valence-corrected chi connectivity index (χ1v) is 4.22. The van der Waals surface area contributed by atoms with Gasteiger partial charge in [0.1, 0.15) is 5.52 Å². The van der Waals surface area contributed by atoms with Crippen molar-refractivity contribution in [3.05, 3.63) is 29.0 Å². The molecule has 1 aromatic heterocycles. The molecule has 2 rings (SSSR count). The van der Waals surface area contributed by atoms with Crippen molar-refractivity contribution in [2.45, 2.75) is 6.18 Å². The summed E-state index contributed by atoms with van der Waals surface area (Å²) in [5.74, 6) is -1.36. The molecule has 7 heteroatoms. The van der Waals surface area contributed by atoms with Crippen LogP contribution in [0.5, 0.6) is 0 Å². The highest BCUT2D eigenvalue weighted by atomic mass is 35.5. The van der Waals surface area contributed by atoms with Crippen LogP contribution in [0.25, 0.3) is 11.0 Å². The number of rotatable bonds is 0. The smallest absolute Gasteiger partial charge is 0.426 e. The van der Waals surface area contributed by atoms with Gasteiger partial charge >= 0.3 is 6.18 Å². The van der Waals surface area contributed by atoms with E-state index < -0.39 is 12.0 Å². The van der Waals surface area contributed by atoms with Crippen LogP contribution in [0.1, 0.15) is 5.82 Å². The Labute approximate surface area is 86.7 Å². The number of nitrogens with zero attached hydrogens (tertiary/aromatic N) is 2. The fourth-order valence-corrected chi connectivity index (χ4v) is 1.39. The molecule has 1 heterocycles. The number of fused-ring (bicyclic) bond motifs is 1. The molecule has 0 aliphatic rings. The topological polar surface area (TPSA) is 38.0 Å². The second-order valence-electron chi connectivity index (χ2n) is 2.88. The Morgan fingerprint density at radius 1 is 1.33 bits per heavy atom. The third kappa shape index (κ3) is 1.61. The van der Waals surface area contributed by atoms with Gasteiger partial charge in [-0.25, -0.2) is 4.98 Å². The quantitative estimate of drug-likeness (QED) is 0.714. The van der Waals surface area contributed by atoms with Crippen LogP contribution in [0.15, 0.2) is 18.2 Å². The molecule has 0 saturated carbocycles. The molecule has 0 spiro atoms. The molecule has 1 aromatic carbocycles. The van der Waals surface area contributed by atoms with Crippen molar-refractivity contribution in [1.29, 1.82) is 0 Å². The van der Waals surface area contributed by atoms with Gasteiger partial charge in [0.05, 0.1) is 5.52 Å². The van der Waals surface area contributed by atoms with E-state index in [0.29, 0.717) is 0 Å². The molecule has 0 fully saturated rings. The summed E-state index contributed by atoms with van der Waals surface area (Å²) in [6.07, 6.45) is -4.69. The highest BCUT2D eigenvalue weighted by Gasteiger charge is 2.38. The molecular weight excluding hydrogens is 233 g/mol. The molecule has 0 aliphatic carbocycles. The Bertz CT molecular complexity index is 520. The monoisotopic (exact) mass is 236 g/mol. The van der Waals surface area contributed by atoms with Gasteiger partial charge in [-0.1, -0.05) is 11.6 Å². The van der Waals surface area contributed by atoms with Crippen LogP contribution in [-0.4, -0.2) is 14.9 Å². The van der Waals surface area contributed by atoms with Crippen molar-refractivity contribution in [2.24, 2.45) is 0 Å². The first-order valence-electron chi connectivity index (χ1n) is 3.84. The summed E-state index contributed by atoms with van der Waals surface area (Å²) < 4.78 is 36.9. The molecule has 2 aromatic rings. The Morgan fingerprint density at radius 2 is 2.00 bits per heavy atom. The van der Waals surface area contributed by atoms with Crippen molar-refractivity contribution in [3.8, 4) is 0 Å². The third-order valence-electron chi connectivity index (χ3n) is 1.85. The molecular formula is C8H4ClF3N2O. The second kappa shape index (κ2) is 3.03. The maximum atomic E-state index is 12.3. The van der Waals surface area contributed by atoms with E-state index in [0.717, 1.165) is 0 Å². The SMILES string of the molecule is On1c(C(F)(F)F)nc2cc(Cl)ccc21. The van der Waals surface area contributed by atoms with E-state index in [1.807, 2.05) is 0 Å². The fraction of sp³-hybridized carbons (Fsp3) is 0.125. The zero-order valence-corrected chi connectivity index (χ0v) is 7.84. The molecule has 15 heavy (non-hydrogen) atoms. The Kier molecular flexibility index (Phi) is 2.04. The standard InChI is InChI=1S/C8H4ClF3N2O/c9-4-1-2-6-5(3-4)13-7(14(6)15)8(10,11)12/h1-3,15H. The van der Waals surface area contributed by atoms with Crippen molar-refractivity contribution in [1.82, 2.24) is 9.71 Å². The lowest BCUT2D eigenvalue weighted by atomic mass is 10.3. The Balaban J connectivity index is 2.75. The largest absolute Gasteiger partial charge is 0.453 e. The average molecular weight is 237 g/mol. The van der Waals surface area contributed by atoms with Crippen molar-refractivity contribution >= 4 is 22.6 Å². The van der Waals surface area contributed by atoms with Gasteiger partial charge in [-0.2, -0.15) is 17.9 Å². The summed E-state index contributed by atoms with van der Waals surface area (Å²) in [6, 6.07) is 3.89. The van der Waals surface area contributed by atoms with Gasteiger partial charge in [0.25, 0.3) is 5.82 Å². The van der Waals surface area contributed by atoms with Crippen LogP contribution < -0.4 is 0 Å². The van der Waals surface area contributed by atoms with Gasteiger partial charge in [0.15, 0.2) is 0 Å². The number of alkyl halides is 3. The summed E-state index contributed by atoms with van der Waals surface area (Å²) in [7, 11) is 0. The van der Waals surface area contributed by atoms with E-state index in [9.17, 15) is 18.4 Å². The predicted molar refractivity (Wildman–Crippen MR) is 46.9 cm³/mol. The third-order valence-corrected chi connectivity index (χ3v) is 2.08. The molecule has 80 valence electrons. The van der Waals surface area contributed by atoms with Gasteiger partial charge in [-0.05, 0) is 18.2 Å². The van der Waals surface area contributed by atoms with Crippen LogP contribution in [0, 0.1) is 0 Å². The Hall–Kier alpha value is -1.43. The number of hydrogen-bond acceptors (Lipinski definition) is 2. The zero-order chi connectivity index (χ0) is 11.2. The minimum Gasteiger partial charge on any atom is -0.426 e. The summed E-state index contributed by atoms with van der Waals surface area (Å²) in [6.45, 7) is 0. The number of halogens is 4. The van der Waals surface area contributed by atoms with Gasteiger partial charge in [-0.15, -0.1) is 0 Å². The fourth-order valence-electron chi connectivity index (χ4n) is 1.22. The Morgan fingerprint density at radius 3 is 2.60 bits per heavy atom. The molecule has 0 unspecified atom stereocenters. The highest BCUT2D eigenvalue weighted by Crippen LogP contribution is 2.31. The number of imidazole rings is 1. The lowest BCUT2D eigenvalue weighted by molar-refractivity contribution is -0.153. The van der Waals surface area contributed by atoms with Crippen LogP contribution in [0.3, 0.4) is 0 Å². The summed E-state index contributed by atoms with van der Waals surface area (Å²) in [5, 5.41) is 9.47. The van der Waals surface area contributed by atoms with E-state index in [1.165, 1.54) is 18.2 Å². The molecule has 3 nitrogen and oxygen atoms in total. The highest BCUT2D eigenvalue weighted by molar-refractivity contribution is 6.31. The first kappa shape index (κ1) is 10.1. The van der Waals surface area contributed by atoms with Gasteiger partial charge in [-0.3, -0.25) is 0 Å². The van der Waals surface area contributed by atoms with Crippen molar-refractivity contribution in [2.75, 3.05) is 0 Å². The van der Waals surface area contributed by atoms with Crippen LogP contribution in [-0.2, 0) is 6.18 Å².